The normalized spacial score (nSPS) is 18.9. The molecule has 3 heteroatoms. The Morgan fingerprint density at radius 1 is 1.04 bits per heavy atom. The van der Waals surface area contributed by atoms with Crippen molar-refractivity contribution in [1.29, 1.82) is 0 Å². The second kappa shape index (κ2) is 8.55. The van der Waals surface area contributed by atoms with Gasteiger partial charge in [-0.1, -0.05) is 44.3 Å². The molecule has 2 aliphatic carbocycles. The van der Waals surface area contributed by atoms with E-state index in [9.17, 15) is 4.39 Å². The monoisotopic (exact) mass is 332 g/mol. The summed E-state index contributed by atoms with van der Waals surface area (Å²) >= 11 is 0. The van der Waals surface area contributed by atoms with E-state index in [0.717, 1.165) is 12.3 Å². The number of halogens is 1. The Hall–Kier alpha value is -1.51. The van der Waals surface area contributed by atoms with E-state index in [2.05, 4.69) is 12.2 Å². The Morgan fingerprint density at radius 2 is 1.79 bits per heavy atom. The summed E-state index contributed by atoms with van der Waals surface area (Å²) in [6.07, 6.45) is 14.5. The zero-order chi connectivity index (χ0) is 16.8. The van der Waals surface area contributed by atoms with Crippen LogP contribution in [0.25, 0.3) is 0 Å². The van der Waals surface area contributed by atoms with Gasteiger partial charge in [0.1, 0.15) is 12.4 Å². The molecule has 2 aliphatic rings. The van der Waals surface area contributed by atoms with Crippen molar-refractivity contribution < 1.29 is 13.9 Å². The maximum atomic E-state index is 14.4. The topological polar surface area (TPSA) is 18.5 Å². The molecule has 132 valence electrons. The van der Waals surface area contributed by atoms with E-state index in [-0.39, 0.29) is 5.82 Å². The van der Waals surface area contributed by atoms with E-state index >= 15 is 0 Å². The van der Waals surface area contributed by atoms with E-state index in [1.807, 2.05) is 6.07 Å². The quantitative estimate of drug-likeness (QED) is 0.558. The lowest BCUT2D eigenvalue weighted by molar-refractivity contribution is 0.216. The molecule has 0 bridgehead atoms. The molecule has 0 aromatic heterocycles. The summed E-state index contributed by atoms with van der Waals surface area (Å²) < 4.78 is 25.8. The van der Waals surface area contributed by atoms with Gasteiger partial charge in [-0.2, -0.15) is 0 Å². The highest BCUT2D eigenvalue weighted by molar-refractivity contribution is 5.41. The van der Waals surface area contributed by atoms with Crippen LogP contribution in [-0.4, -0.2) is 13.2 Å². The average molecular weight is 332 g/mol. The van der Waals surface area contributed by atoms with Crippen molar-refractivity contribution in [3.63, 3.8) is 0 Å². The fraction of sp³-hybridized carbons (Fsp3) is 0.619. The van der Waals surface area contributed by atoms with Gasteiger partial charge in [-0.15, -0.1) is 0 Å². The van der Waals surface area contributed by atoms with E-state index in [1.54, 1.807) is 13.0 Å². The molecule has 2 fully saturated rings. The highest BCUT2D eigenvalue weighted by atomic mass is 19.1. The molecule has 0 radical (unpaired) electrons. The van der Waals surface area contributed by atoms with Gasteiger partial charge in [0.05, 0.1) is 6.61 Å². The van der Waals surface area contributed by atoms with E-state index in [4.69, 9.17) is 9.47 Å². The van der Waals surface area contributed by atoms with Crippen molar-refractivity contribution in [3.05, 3.63) is 35.7 Å². The van der Waals surface area contributed by atoms with Gasteiger partial charge in [-0.25, -0.2) is 4.39 Å². The van der Waals surface area contributed by atoms with E-state index in [1.165, 1.54) is 44.9 Å². The predicted molar refractivity (Wildman–Crippen MR) is 95.2 cm³/mol. The first-order chi connectivity index (χ1) is 11.7. The molecule has 0 N–H and O–H groups in total. The third kappa shape index (κ3) is 4.52. The molecule has 0 aliphatic heterocycles. The molecule has 0 heterocycles. The number of hydrogen-bond donors (Lipinski definition) is 0. The molecule has 2 saturated carbocycles. The minimum Gasteiger partial charge on any atom is -0.490 e. The molecule has 0 unspecified atom stereocenters. The number of hydrogen-bond acceptors (Lipinski definition) is 2. The molecule has 1 aromatic carbocycles. The SMILES string of the molecule is Cc1c(OC/C=C/C2CCCC2)ccc(OCCC2CCC2)c1F. The molecule has 2 nitrogen and oxygen atoms in total. The lowest BCUT2D eigenvalue weighted by Gasteiger charge is -2.25. The van der Waals surface area contributed by atoms with Gasteiger partial charge in [0.25, 0.3) is 0 Å². The van der Waals surface area contributed by atoms with Crippen LogP contribution in [0.1, 0.15) is 56.9 Å². The summed E-state index contributed by atoms with van der Waals surface area (Å²) in [6, 6.07) is 3.51. The molecule has 3 rings (SSSR count). The summed E-state index contributed by atoms with van der Waals surface area (Å²) in [5, 5.41) is 0. The van der Waals surface area contributed by atoms with Gasteiger partial charge in [-0.05, 0) is 50.2 Å². The van der Waals surface area contributed by atoms with Gasteiger partial charge in [-0.3, -0.25) is 0 Å². The molecule has 0 atom stereocenters. The van der Waals surface area contributed by atoms with Crippen LogP contribution in [0.2, 0.25) is 0 Å². The molecule has 1 aromatic rings. The first-order valence-electron chi connectivity index (χ1n) is 9.45. The second-order valence-electron chi connectivity index (χ2n) is 7.22. The highest BCUT2D eigenvalue weighted by Gasteiger charge is 2.18. The zero-order valence-electron chi connectivity index (χ0n) is 14.7. The largest absolute Gasteiger partial charge is 0.490 e. The molecule has 0 amide bonds. The van der Waals surface area contributed by atoms with E-state index < -0.39 is 0 Å². The highest BCUT2D eigenvalue weighted by Crippen LogP contribution is 2.31. The van der Waals surface area contributed by atoms with Crippen LogP contribution in [0, 0.1) is 24.6 Å². The van der Waals surface area contributed by atoms with Crippen LogP contribution >= 0.6 is 0 Å². The van der Waals surface area contributed by atoms with Crippen molar-refractivity contribution in [2.24, 2.45) is 11.8 Å². The number of allylic oxidation sites excluding steroid dienone is 1. The smallest absolute Gasteiger partial charge is 0.171 e. The Morgan fingerprint density at radius 3 is 2.50 bits per heavy atom. The molecule has 24 heavy (non-hydrogen) atoms. The lowest BCUT2D eigenvalue weighted by atomic mass is 9.83. The van der Waals surface area contributed by atoms with Gasteiger partial charge < -0.3 is 9.47 Å². The first kappa shape index (κ1) is 17.3. The molecule has 0 saturated heterocycles. The van der Waals surface area contributed by atoms with Crippen LogP contribution in [0.4, 0.5) is 4.39 Å². The van der Waals surface area contributed by atoms with Gasteiger partial charge in [0, 0.05) is 5.56 Å². The zero-order valence-corrected chi connectivity index (χ0v) is 14.7. The van der Waals surface area contributed by atoms with Crippen molar-refractivity contribution in [2.45, 2.75) is 58.3 Å². The van der Waals surface area contributed by atoms with Crippen molar-refractivity contribution in [2.75, 3.05) is 13.2 Å². The summed E-state index contributed by atoms with van der Waals surface area (Å²) in [5.41, 5.74) is 0.533. The first-order valence-corrected chi connectivity index (χ1v) is 9.45. The van der Waals surface area contributed by atoms with Crippen LogP contribution in [0.15, 0.2) is 24.3 Å². The van der Waals surface area contributed by atoms with Gasteiger partial charge in [0.15, 0.2) is 11.6 Å². The molecular weight excluding hydrogens is 303 g/mol. The molecular formula is C21H29FO2. The summed E-state index contributed by atoms with van der Waals surface area (Å²) in [5.74, 6) is 2.15. The summed E-state index contributed by atoms with van der Waals surface area (Å²) in [6.45, 7) is 2.86. The number of ether oxygens (including phenoxy) is 2. The Kier molecular flexibility index (Phi) is 6.17. The van der Waals surface area contributed by atoms with Crippen molar-refractivity contribution >= 4 is 0 Å². The Bertz CT molecular complexity index is 557. The molecule has 0 spiro atoms. The summed E-state index contributed by atoms with van der Waals surface area (Å²) in [4.78, 5) is 0. The number of rotatable bonds is 8. The Balaban J connectivity index is 1.47. The number of benzene rings is 1. The van der Waals surface area contributed by atoms with Gasteiger partial charge in [0.2, 0.25) is 0 Å². The maximum Gasteiger partial charge on any atom is 0.171 e. The van der Waals surface area contributed by atoms with Crippen molar-refractivity contribution in [1.82, 2.24) is 0 Å². The fourth-order valence-electron chi connectivity index (χ4n) is 3.56. The average Bonchev–Trinajstić information content (AvgIpc) is 3.05. The van der Waals surface area contributed by atoms with Crippen LogP contribution in [0.5, 0.6) is 11.5 Å². The van der Waals surface area contributed by atoms with Crippen LogP contribution in [0.3, 0.4) is 0 Å². The standard InChI is InChI=1S/C21H29FO2/c1-16-19(23-14-5-10-17-6-2-3-7-17)11-12-20(21(16)22)24-15-13-18-8-4-9-18/h5,10-12,17-18H,2-4,6-9,13-15H2,1H3/b10-5+. The third-order valence-electron chi connectivity index (χ3n) is 5.45. The maximum absolute atomic E-state index is 14.4. The third-order valence-corrected chi connectivity index (χ3v) is 5.45. The lowest BCUT2D eigenvalue weighted by Crippen LogP contribution is -2.14. The predicted octanol–water partition coefficient (Wildman–Crippen LogP) is 5.83. The minimum absolute atomic E-state index is 0.291. The van der Waals surface area contributed by atoms with Crippen molar-refractivity contribution in [3.8, 4) is 11.5 Å². The van der Waals surface area contributed by atoms with Gasteiger partial charge >= 0.3 is 0 Å². The van der Waals surface area contributed by atoms with Crippen LogP contribution < -0.4 is 9.47 Å². The second-order valence-corrected chi connectivity index (χ2v) is 7.22. The Labute approximate surface area is 145 Å². The minimum atomic E-state index is -0.291. The van der Waals surface area contributed by atoms with Crippen LogP contribution in [-0.2, 0) is 0 Å². The fourth-order valence-corrected chi connectivity index (χ4v) is 3.56. The summed E-state index contributed by atoms with van der Waals surface area (Å²) in [7, 11) is 0. The van der Waals surface area contributed by atoms with E-state index in [0.29, 0.717) is 36.2 Å².